The minimum atomic E-state index is 0.494. The van der Waals surface area contributed by atoms with E-state index in [1.807, 2.05) is 11.3 Å². The van der Waals surface area contributed by atoms with Crippen LogP contribution < -0.4 is 10.2 Å². The van der Waals surface area contributed by atoms with Gasteiger partial charge in [0.1, 0.15) is 0 Å². The van der Waals surface area contributed by atoms with Crippen molar-refractivity contribution in [3.8, 4) is 0 Å². The molecule has 0 amide bonds. The first-order valence-electron chi connectivity index (χ1n) is 8.08. The molecule has 1 fully saturated rings. The van der Waals surface area contributed by atoms with Crippen LogP contribution in [0.5, 0.6) is 0 Å². The number of fused-ring (bicyclic) bond motifs is 1. The Labute approximate surface area is 130 Å². The fraction of sp³-hybridized carbons (Fsp3) is 0.444. The fourth-order valence-electron chi connectivity index (χ4n) is 3.61. The summed E-state index contributed by atoms with van der Waals surface area (Å²) in [6.07, 6.45) is 6.48. The normalized spacial score (nSPS) is 21.3. The van der Waals surface area contributed by atoms with Gasteiger partial charge in [0, 0.05) is 29.3 Å². The Morgan fingerprint density at radius 3 is 2.90 bits per heavy atom. The van der Waals surface area contributed by atoms with Crippen molar-refractivity contribution >= 4 is 22.7 Å². The monoisotopic (exact) mass is 298 g/mol. The lowest BCUT2D eigenvalue weighted by Gasteiger charge is -2.26. The Bertz CT molecular complexity index is 613. The Morgan fingerprint density at radius 1 is 1.10 bits per heavy atom. The molecule has 1 saturated heterocycles. The van der Waals surface area contributed by atoms with E-state index in [1.54, 1.807) is 4.88 Å². The zero-order valence-electron chi connectivity index (χ0n) is 12.3. The molecule has 4 rings (SSSR count). The average Bonchev–Trinajstić information content (AvgIpc) is 3.20. The molecule has 1 N–H and O–H groups in total. The van der Waals surface area contributed by atoms with E-state index in [0.717, 1.165) is 0 Å². The van der Waals surface area contributed by atoms with Gasteiger partial charge in [-0.25, -0.2) is 0 Å². The molecule has 1 aromatic carbocycles. The topological polar surface area (TPSA) is 15.3 Å². The summed E-state index contributed by atoms with van der Waals surface area (Å²) in [4.78, 5) is 4.08. The van der Waals surface area contributed by atoms with E-state index in [9.17, 15) is 0 Å². The van der Waals surface area contributed by atoms with Crippen LogP contribution in [-0.4, -0.2) is 13.1 Å². The number of anilines is 2. The maximum atomic E-state index is 3.77. The van der Waals surface area contributed by atoms with Crippen LogP contribution >= 0.6 is 11.3 Å². The van der Waals surface area contributed by atoms with Gasteiger partial charge in [0.2, 0.25) is 0 Å². The predicted octanol–water partition coefficient (Wildman–Crippen LogP) is 4.84. The van der Waals surface area contributed by atoms with Crippen LogP contribution in [0.3, 0.4) is 0 Å². The summed E-state index contributed by atoms with van der Waals surface area (Å²) in [6, 6.07) is 11.8. The third kappa shape index (κ3) is 2.67. The van der Waals surface area contributed by atoms with Gasteiger partial charge in [0.15, 0.2) is 0 Å². The van der Waals surface area contributed by atoms with Crippen molar-refractivity contribution in [2.75, 3.05) is 23.3 Å². The molecule has 0 bridgehead atoms. The molecule has 1 aliphatic heterocycles. The lowest BCUT2D eigenvalue weighted by Crippen LogP contribution is -2.18. The van der Waals surface area contributed by atoms with E-state index in [1.165, 1.54) is 62.1 Å². The molecule has 0 spiro atoms. The highest BCUT2D eigenvalue weighted by molar-refractivity contribution is 7.10. The maximum Gasteiger partial charge on any atom is 0.0524 e. The first kappa shape index (κ1) is 13.2. The molecular formula is C18H22N2S. The number of nitrogens with one attached hydrogen (secondary N) is 1. The highest BCUT2D eigenvalue weighted by Gasteiger charge is 2.21. The third-order valence-electron chi connectivity index (χ3n) is 4.71. The largest absolute Gasteiger partial charge is 0.378 e. The summed E-state index contributed by atoms with van der Waals surface area (Å²) in [5, 5.41) is 6.01. The highest BCUT2D eigenvalue weighted by Crippen LogP contribution is 2.36. The summed E-state index contributed by atoms with van der Waals surface area (Å²) in [7, 11) is 0. The number of nitrogens with zero attached hydrogens (tertiary/aromatic N) is 1. The minimum absolute atomic E-state index is 0.494. The van der Waals surface area contributed by atoms with Gasteiger partial charge in [0.05, 0.1) is 6.04 Å². The highest BCUT2D eigenvalue weighted by atomic mass is 32.1. The van der Waals surface area contributed by atoms with Crippen molar-refractivity contribution in [3.05, 3.63) is 46.2 Å². The fourth-order valence-corrected chi connectivity index (χ4v) is 4.59. The molecule has 21 heavy (non-hydrogen) atoms. The smallest absolute Gasteiger partial charge is 0.0524 e. The molecule has 1 atom stereocenters. The third-order valence-corrected chi connectivity index (χ3v) is 5.71. The van der Waals surface area contributed by atoms with Gasteiger partial charge < -0.3 is 10.2 Å². The Kier molecular flexibility index (Phi) is 3.60. The standard InChI is InChI=1S/C18H22N2S/c1-2-11-20(10-1)15-6-3-5-14(13-15)19-17-7-4-8-18-16(17)9-12-21-18/h3,5-6,9,12-13,17,19H,1-2,4,7-8,10-11H2. The number of aryl methyl sites for hydroxylation is 1. The maximum absolute atomic E-state index is 3.77. The molecule has 2 aromatic rings. The molecule has 1 aromatic heterocycles. The van der Waals surface area contributed by atoms with Crippen molar-refractivity contribution < 1.29 is 0 Å². The van der Waals surface area contributed by atoms with Crippen LogP contribution in [0.2, 0.25) is 0 Å². The number of hydrogen-bond donors (Lipinski definition) is 1. The van der Waals surface area contributed by atoms with Crippen LogP contribution in [0.1, 0.15) is 42.2 Å². The second kappa shape index (κ2) is 5.72. The van der Waals surface area contributed by atoms with Gasteiger partial charge in [-0.05, 0) is 67.3 Å². The molecule has 3 heteroatoms. The lowest BCUT2D eigenvalue weighted by molar-refractivity contribution is 0.609. The molecule has 0 radical (unpaired) electrons. The van der Waals surface area contributed by atoms with Crippen molar-refractivity contribution in [1.29, 1.82) is 0 Å². The zero-order valence-corrected chi connectivity index (χ0v) is 13.2. The van der Waals surface area contributed by atoms with Crippen LogP contribution in [0.15, 0.2) is 35.7 Å². The number of rotatable bonds is 3. The quantitative estimate of drug-likeness (QED) is 0.872. The van der Waals surface area contributed by atoms with Crippen molar-refractivity contribution in [1.82, 2.24) is 0 Å². The van der Waals surface area contributed by atoms with Crippen LogP contribution in [0.4, 0.5) is 11.4 Å². The second-order valence-electron chi connectivity index (χ2n) is 6.13. The molecule has 1 aliphatic carbocycles. The second-order valence-corrected chi connectivity index (χ2v) is 7.13. The molecule has 2 nitrogen and oxygen atoms in total. The van der Waals surface area contributed by atoms with E-state index < -0.39 is 0 Å². The lowest BCUT2D eigenvalue weighted by atomic mass is 9.94. The molecule has 2 heterocycles. The first-order valence-corrected chi connectivity index (χ1v) is 8.96. The Balaban J connectivity index is 1.54. The van der Waals surface area contributed by atoms with Gasteiger partial charge in [-0.3, -0.25) is 0 Å². The van der Waals surface area contributed by atoms with Crippen molar-refractivity contribution in [2.24, 2.45) is 0 Å². The van der Waals surface area contributed by atoms with E-state index in [0.29, 0.717) is 6.04 Å². The SMILES string of the molecule is c1cc(NC2CCCc3sccc32)cc(N2CCCC2)c1. The Hall–Kier alpha value is -1.48. The molecule has 0 saturated carbocycles. The summed E-state index contributed by atoms with van der Waals surface area (Å²) in [5.41, 5.74) is 4.17. The van der Waals surface area contributed by atoms with Crippen LogP contribution in [-0.2, 0) is 6.42 Å². The molecular weight excluding hydrogens is 276 g/mol. The molecule has 2 aliphatic rings. The molecule has 1 unspecified atom stereocenters. The van der Waals surface area contributed by atoms with E-state index in [2.05, 4.69) is 45.9 Å². The minimum Gasteiger partial charge on any atom is -0.378 e. The summed E-state index contributed by atoms with van der Waals surface area (Å²) in [5.74, 6) is 0. The Morgan fingerprint density at radius 2 is 2.00 bits per heavy atom. The van der Waals surface area contributed by atoms with Gasteiger partial charge >= 0.3 is 0 Å². The number of hydrogen-bond acceptors (Lipinski definition) is 3. The summed E-state index contributed by atoms with van der Waals surface area (Å²) >= 11 is 1.92. The van der Waals surface area contributed by atoms with E-state index in [4.69, 9.17) is 0 Å². The van der Waals surface area contributed by atoms with Crippen LogP contribution in [0.25, 0.3) is 0 Å². The molecule has 110 valence electrons. The van der Waals surface area contributed by atoms with Gasteiger partial charge in [0.25, 0.3) is 0 Å². The summed E-state index contributed by atoms with van der Waals surface area (Å²) < 4.78 is 0. The van der Waals surface area contributed by atoms with E-state index in [-0.39, 0.29) is 0 Å². The van der Waals surface area contributed by atoms with E-state index >= 15 is 0 Å². The van der Waals surface area contributed by atoms with Gasteiger partial charge in [-0.15, -0.1) is 11.3 Å². The van der Waals surface area contributed by atoms with Crippen LogP contribution in [0, 0.1) is 0 Å². The summed E-state index contributed by atoms with van der Waals surface area (Å²) in [6.45, 7) is 2.42. The van der Waals surface area contributed by atoms with Gasteiger partial charge in [-0.1, -0.05) is 6.07 Å². The number of thiophene rings is 1. The van der Waals surface area contributed by atoms with Crippen molar-refractivity contribution in [3.63, 3.8) is 0 Å². The number of benzene rings is 1. The first-order chi connectivity index (χ1) is 10.4. The predicted molar refractivity (Wildman–Crippen MR) is 91.5 cm³/mol. The average molecular weight is 298 g/mol. The van der Waals surface area contributed by atoms with Gasteiger partial charge in [-0.2, -0.15) is 0 Å². The zero-order chi connectivity index (χ0) is 14.1. The van der Waals surface area contributed by atoms with Crippen molar-refractivity contribution in [2.45, 2.75) is 38.1 Å².